The van der Waals surface area contributed by atoms with E-state index in [1.807, 2.05) is 24.3 Å². The van der Waals surface area contributed by atoms with Crippen molar-refractivity contribution in [1.82, 2.24) is 4.57 Å². The number of benzene rings is 2. The van der Waals surface area contributed by atoms with E-state index >= 15 is 0 Å². The molecule has 2 aromatic carbocycles. The first-order chi connectivity index (χ1) is 15.3. The van der Waals surface area contributed by atoms with Crippen molar-refractivity contribution in [2.24, 2.45) is 7.05 Å². The van der Waals surface area contributed by atoms with Crippen molar-refractivity contribution in [2.45, 2.75) is 31.1 Å². The molecule has 0 aliphatic carbocycles. The molecule has 0 spiro atoms. The molecule has 3 aromatic rings. The maximum atomic E-state index is 12.5. The summed E-state index contributed by atoms with van der Waals surface area (Å²) >= 11 is 6.39. The predicted molar refractivity (Wildman–Crippen MR) is 126 cm³/mol. The Hall–Kier alpha value is -2.61. The molecule has 0 bridgehead atoms. The third-order valence-corrected chi connectivity index (χ3v) is 7.25. The maximum Gasteiger partial charge on any atom is 0.251 e. The number of para-hydroxylation sites is 1. The first-order valence-corrected chi connectivity index (χ1v) is 12.4. The van der Waals surface area contributed by atoms with Crippen LogP contribution in [0.15, 0.2) is 64.4 Å². The Labute approximate surface area is 193 Å². The summed E-state index contributed by atoms with van der Waals surface area (Å²) in [4.78, 5) is 12.1. The highest BCUT2D eigenvalue weighted by atomic mass is 35.5. The van der Waals surface area contributed by atoms with Crippen LogP contribution >= 0.6 is 11.6 Å². The lowest BCUT2D eigenvalue weighted by Crippen LogP contribution is -2.15. The molecule has 0 atom stereocenters. The van der Waals surface area contributed by atoms with Gasteiger partial charge in [-0.2, -0.15) is 0 Å². The lowest BCUT2D eigenvalue weighted by molar-refractivity contribution is 0.284. The summed E-state index contributed by atoms with van der Waals surface area (Å²) in [6.07, 6.45) is 3.80. The largest absolute Gasteiger partial charge is 0.456 e. The summed E-state index contributed by atoms with van der Waals surface area (Å²) in [7, 11) is -1.86. The molecule has 0 aliphatic heterocycles. The summed E-state index contributed by atoms with van der Waals surface area (Å²) in [6.45, 7) is 1.72. The number of hydrogen-bond acceptors (Lipinski definition) is 5. The number of aryl methyl sites for hydroxylation is 2. The van der Waals surface area contributed by atoms with E-state index in [1.54, 1.807) is 26.2 Å². The van der Waals surface area contributed by atoms with Gasteiger partial charge in [0.1, 0.15) is 11.5 Å². The zero-order valence-electron chi connectivity index (χ0n) is 18.0. The van der Waals surface area contributed by atoms with Gasteiger partial charge in [-0.15, -0.1) is 0 Å². The first-order valence-electron chi connectivity index (χ1n) is 10.4. The van der Waals surface area contributed by atoms with E-state index in [-0.39, 0.29) is 27.8 Å². The Bertz CT molecular complexity index is 1270. The van der Waals surface area contributed by atoms with Gasteiger partial charge < -0.3 is 14.4 Å². The Morgan fingerprint density at radius 2 is 1.78 bits per heavy atom. The van der Waals surface area contributed by atoms with Gasteiger partial charge in [-0.3, -0.25) is 4.79 Å². The Morgan fingerprint density at radius 3 is 2.50 bits per heavy atom. The molecular weight excluding hydrogens is 450 g/mol. The fourth-order valence-electron chi connectivity index (χ4n) is 3.33. The van der Waals surface area contributed by atoms with Crippen molar-refractivity contribution in [2.75, 3.05) is 12.4 Å². The highest BCUT2D eigenvalue weighted by molar-refractivity contribution is 7.91. The van der Waals surface area contributed by atoms with Crippen LogP contribution in [0.25, 0.3) is 11.1 Å². The zero-order chi connectivity index (χ0) is 23.3. The number of pyridine rings is 1. The molecule has 0 radical (unpaired) electrons. The molecule has 170 valence electrons. The second kappa shape index (κ2) is 10.3. The quantitative estimate of drug-likeness (QED) is 0.457. The van der Waals surface area contributed by atoms with Gasteiger partial charge in [0.25, 0.3) is 5.56 Å². The molecule has 32 heavy (non-hydrogen) atoms. The number of aliphatic hydroxyl groups excluding tert-OH is 1. The van der Waals surface area contributed by atoms with Gasteiger partial charge in [-0.25, -0.2) is 8.42 Å². The molecule has 8 heteroatoms. The van der Waals surface area contributed by atoms with Crippen molar-refractivity contribution in [3.63, 3.8) is 0 Å². The SMILES string of the molecule is CCS(=O)(=O)c1ccc(Oc2ccccc2CCCCO)c(-c2cn(C)c(=O)cc2Cl)c1. The van der Waals surface area contributed by atoms with Gasteiger partial charge in [0.2, 0.25) is 0 Å². The lowest BCUT2D eigenvalue weighted by atomic mass is 10.1. The number of halogens is 1. The van der Waals surface area contributed by atoms with Crippen LogP contribution in [-0.4, -0.2) is 30.5 Å². The topological polar surface area (TPSA) is 85.6 Å². The van der Waals surface area contributed by atoms with Crippen LogP contribution in [0.3, 0.4) is 0 Å². The number of aromatic nitrogens is 1. The minimum absolute atomic E-state index is 0.0403. The number of nitrogens with zero attached hydrogens (tertiary/aromatic N) is 1. The maximum absolute atomic E-state index is 12.5. The Kier molecular flexibility index (Phi) is 7.77. The van der Waals surface area contributed by atoms with Crippen LogP contribution in [0.1, 0.15) is 25.3 Å². The van der Waals surface area contributed by atoms with Crippen LogP contribution in [-0.2, 0) is 23.3 Å². The fraction of sp³-hybridized carbons (Fsp3) is 0.292. The van der Waals surface area contributed by atoms with Crippen LogP contribution < -0.4 is 10.3 Å². The number of hydrogen-bond donors (Lipinski definition) is 1. The second-order valence-corrected chi connectivity index (χ2v) is 10.1. The summed E-state index contributed by atoms with van der Waals surface area (Å²) < 4.78 is 32.7. The van der Waals surface area contributed by atoms with E-state index in [9.17, 15) is 13.2 Å². The fourth-order valence-corrected chi connectivity index (χ4v) is 4.48. The Morgan fingerprint density at radius 1 is 1.03 bits per heavy atom. The number of unbranched alkanes of at least 4 members (excludes halogenated alkanes) is 1. The number of aliphatic hydroxyl groups is 1. The van der Waals surface area contributed by atoms with Crippen LogP contribution in [0.4, 0.5) is 0 Å². The van der Waals surface area contributed by atoms with Crippen molar-refractivity contribution >= 4 is 21.4 Å². The summed E-state index contributed by atoms with van der Waals surface area (Å²) in [5.41, 5.74) is 1.68. The van der Waals surface area contributed by atoms with Crippen LogP contribution in [0.2, 0.25) is 5.02 Å². The Balaban J connectivity index is 2.13. The molecule has 6 nitrogen and oxygen atoms in total. The molecule has 0 saturated heterocycles. The molecule has 1 aromatic heterocycles. The molecule has 0 aliphatic rings. The van der Waals surface area contributed by atoms with Gasteiger partial charge in [-0.05, 0) is 49.1 Å². The number of rotatable bonds is 9. The van der Waals surface area contributed by atoms with E-state index in [0.717, 1.165) is 18.4 Å². The average molecular weight is 476 g/mol. The summed E-state index contributed by atoms with van der Waals surface area (Å²) in [6, 6.07) is 13.5. The van der Waals surface area contributed by atoms with E-state index in [0.29, 0.717) is 29.0 Å². The smallest absolute Gasteiger partial charge is 0.251 e. The van der Waals surface area contributed by atoms with E-state index in [2.05, 4.69) is 0 Å². The van der Waals surface area contributed by atoms with Crippen molar-refractivity contribution in [3.05, 3.63) is 75.7 Å². The minimum atomic E-state index is -3.46. The summed E-state index contributed by atoms with van der Waals surface area (Å²) in [5, 5.41) is 9.28. The predicted octanol–water partition coefficient (Wildman–Crippen LogP) is 4.61. The van der Waals surface area contributed by atoms with Gasteiger partial charge in [-0.1, -0.05) is 36.7 Å². The number of ether oxygens (including phenoxy) is 1. The van der Waals surface area contributed by atoms with E-state index in [4.69, 9.17) is 21.4 Å². The number of sulfone groups is 1. The van der Waals surface area contributed by atoms with Crippen molar-refractivity contribution in [3.8, 4) is 22.6 Å². The second-order valence-electron chi connectivity index (χ2n) is 7.44. The van der Waals surface area contributed by atoms with Crippen molar-refractivity contribution in [1.29, 1.82) is 0 Å². The molecule has 1 N–H and O–H groups in total. The van der Waals surface area contributed by atoms with Crippen molar-refractivity contribution < 1.29 is 18.3 Å². The molecule has 0 fully saturated rings. The minimum Gasteiger partial charge on any atom is -0.456 e. The normalized spacial score (nSPS) is 11.5. The zero-order valence-corrected chi connectivity index (χ0v) is 19.6. The first kappa shape index (κ1) is 24.0. The highest BCUT2D eigenvalue weighted by Gasteiger charge is 2.19. The molecular formula is C24H26ClNO5S. The summed E-state index contributed by atoms with van der Waals surface area (Å²) in [5.74, 6) is 1.02. The average Bonchev–Trinajstić information content (AvgIpc) is 2.78. The monoisotopic (exact) mass is 475 g/mol. The van der Waals surface area contributed by atoms with E-state index in [1.165, 1.54) is 22.8 Å². The van der Waals surface area contributed by atoms with Gasteiger partial charge >= 0.3 is 0 Å². The third-order valence-electron chi connectivity index (χ3n) is 5.20. The molecule has 0 amide bonds. The lowest BCUT2D eigenvalue weighted by Gasteiger charge is -2.17. The van der Waals surface area contributed by atoms with Gasteiger partial charge in [0.15, 0.2) is 9.84 Å². The molecule has 0 unspecified atom stereocenters. The highest BCUT2D eigenvalue weighted by Crippen LogP contribution is 2.39. The van der Waals surface area contributed by atoms with Gasteiger partial charge in [0.05, 0.1) is 15.7 Å². The van der Waals surface area contributed by atoms with Gasteiger partial charge in [0, 0.05) is 37.0 Å². The van der Waals surface area contributed by atoms with Crippen LogP contribution in [0.5, 0.6) is 11.5 Å². The van der Waals surface area contributed by atoms with Crippen LogP contribution in [0, 0.1) is 0 Å². The molecule has 1 heterocycles. The third kappa shape index (κ3) is 5.41. The van der Waals surface area contributed by atoms with E-state index < -0.39 is 9.84 Å². The molecule has 3 rings (SSSR count). The standard InChI is InChI=1S/C24H26ClNO5S/c1-3-32(29,30)18-11-12-23(19(14-18)20-16-26(2)24(28)15-21(20)25)31-22-10-5-4-8-17(22)9-6-7-13-27/h4-5,8,10-12,14-16,27H,3,6-7,9,13H2,1-2H3. The molecule has 0 saturated carbocycles.